The first-order chi connectivity index (χ1) is 7.03. The summed E-state index contributed by atoms with van der Waals surface area (Å²) in [7, 11) is 0. The van der Waals surface area contributed by atoms with Gasteiger partial charge in [0.15, 0.2) is 0 Å². The molecule has 0 spiro atoms. The fraction of sp³-hybridized carbons (Fsp3) is 0.909. The molecule has 4 nitrogen and oxygen atoms in total. The van der Waals surface area contributed by atoms with Gasteiger partial charge in [-0.3, -0.25) is 15.0 Å². The summed E-state index contributed by atoms with van der Waals surface area (Å²) >= 11 is 0. The number of amides is 1. The smallest absolute Gasteiger partial charge is 0.239 e. The van der Waals surface area contributed by atoms with Gasteiger partial charge in [-0.25, -0.2) is 0 Å². The third kappa shape index (κ3) is 2.16. The van der Waals surface area contributed by atoms with Crippen LogP contribution in [-0.4, -0.2) is 41.5 Å². The highest BCUT2D eigenvalue weighted by molar-refractivity contribution is 5.85. The second-order valence-electron chi connectivity index (χ2n) is 5.20. The van der Waals surface area contributed by atoms with Gasteiger partial charge >= 0.3 is 0 Å². The lowest BCUT2D eigenvalue weighted by molar-refractivity contribution is -0.124. The Labute approximate surface area is 91.2 Å². The first-order valence-corrected chi connectivity index (χ1v) is 5.85. The normalized spacial score (nSPS) is 32.5. The molecule has 1 heterocycles. The van der Waals surface area contributed by atoms with Gasteiger partial charge in [0.2, 0.25) is 5.91 Å². The molecule has 86 valence electrons. The van der Waals surface area contributed by atoms with E-state index in [1.165, 1.54) is 12.8 Å². The van der Waals surface area contributed by atoms with Gasteiger partial charge in [0.25, 0.3) is 0 Å². The third-order valence-electron chi connectivity index (χ3n) is 3.40. The van der Waals surface area contributed by atoms with Crippen LogP contribution in [0.5, 0.6) is 0 Å². The molecule has 0 aromatic carbocycles. The topological polar surface area (TPSA) is 58.4 Å². The molecule has 2 fully saturated rings. The molecule has 1 saturated carbocycles. The van der Waals surface area contributed by atoms with Crippen molar-refractivity contribution in [1.29, 1.82) is 0 Å². The van der Waals surface area contributed by atoms with E-state index in [1.54, 1.807) is 0 Å². The molecule has 1 aliphatic heterocycles. The van der Waals surface area contributed by atoms with Gasteiger partial charge in [0.1, 0.15) is 5.54 Å². The number of nitrogens with zero attached hydrogens (tertiary/aromatic N) is 1. The summed E-state index contributed by atoms with van der Waals surface area (Å²) in [4.78, 5) is 14.0. The lowest BCUT2D eigenvalue weighted by Gasteiger charge is -2.29. The van der Waals surface area contributed by atoms with Crippen LogP contribution < -0.4 is 11.1 Å². The van der Waals surface area contributed by atoms with Gasteiger partial charge in [0, 0.05) is 25.2 Å². The highest BCUT2D eigenvalue weighted by atomic mass is 16.1. The van der Waals surface area contributed by atoms with E-state index in [-0.39, 0.29) is 5.91 Å². The molecule has 3 N–H and O–H groups in total. The molecule has 2 rings (SSSR count). The van der Waals surface area contributed by atoms with Crippen LogP contribution in [-0.2, 0) is 4.79 Å². The van der Waals surface area contributed by atoms with E-state index in [0.29, 0.717) is 6.04 Å². The van der Waals surface area contributed by atoms with E-state index in [9.17, 15) is 4.79 Å². The zero-order valence-electron chi connectivity index (χ0n) is 9.62. The Bertz CT molecular complexity index is 263. The van der Waals surface area contributed by atoms with E-state index in [0.717, 1.165) is 25.6 Å². The van der Waals surface area contributed by atoms with E-state index in [4.69, 9.17) is 5.73 Å². The molecule has 1 amide bonds. The number of nitrogens with one attached hydrogen (secondary N) is 1. The molecular formula is C11H21N3O. The van der Waals surface area contributed by atoms with E-state index >= 15 is 0 Å². The van der Waals surface area contributed by atoms with Crippen LogP contribution in [0.2, 0.25) is 0 Å². The quantitative estimate of drug-likeness (QED) is 0.692. The number of nitrogens with two attached hydrogens (primary N) is 1. The second kappa shape index (κ2) is 3.76. The monoisotopic (exact) mass is 211 g/mol. The van der Waals surface area contributed by atoms with Crippen molar-refractivity contribution in [2.45, 2.75) is 50.7 Å². The van der Waals surface area contributed by atoms with Crippen LogP contribution >= 0.6 is 0 Å². The fourth-order valence-electron chi connectivity index (χ4n) is 2.53. The van der Waals surface area contributed by atoms with Crippen molar-refractivity contribution in [1.82, 2.24) is 10.2 Å². The van der Waals surface area contributed by atoms with Gasteiger partial charge in [-0.1, -0.05) is 0 Å². The fourth-order valence-corrected chi connectivity index (χ4v) is 2.53. The molecule has 1 aliphatic carbocycles. The molecule has 15 heavy (non-hydrogen) atoms. The Balaban J connectivity index is 2.04. The number of hydrogen-bond acceptors (Lipinski definition) is 3. The average molecular weight is 211 g/mol. The molecular weight excluding hydrogens is 190 g/mol. The predicted molar refractivity (Wildman–Crippen MR) is 59.4 cm³/mol. The minimum Gasteiger partial charge on any atom is -0.368 e. The highest BCUT2D eigenvalue weighted by Crippen LogP contribution is 2.33. The number of primary amides is 1. The Morgan fingerprint density at radius 2 is 2.20 bits per heavy atom. The van der Waals surface area contributed by atoms with E-state index < -0.39 is 5.54 Å². The molecule has 2 aliphatic rings. The summed E-state index contributed by atoms with van der Waals surface area (Å²) in [5.41, 5.74) is 5.06. The van der Waals surface area contributed by atoms with Gasteiger partial charge in [-0.15, -0.1) is 0 Å². The summed E-state index contributed by atoms with van der Waals surface area (Å²) in [5.74, 6) is -0.195. The van der Waals surface area contributed by atoms with E-state index in [1.807, 2.05) is 0 Å². The first-order valence-electron chi connectivity index (χ1n) is 5.85. The van der Waals surface area contributed by atoms with E-state index in [2.05, 4.69) is 24.1 Å². The number of carbonyl (C=O) groups is 1. The summed E-state index contributed by atoms with van der Waals surface area (Å²) in [6.45, 7) is 5.92. The standard InChI is InChI=1S/C11H21N3O/c1-8(2)13-11(10(12)15)5-6-14(7-11)9-3-4-9/h8-9,13H,3-7H2,1-2H3,(H2,12,15). The van der Waals surface area contributed by atoms with Gasteiger partial charge in [-0.05, 0) is 33.1 Å². The number of likely N-dealkylation sites (tertiary alicyclic amines) is 1. The third-order valence-corrected chi connectivity index (χ3v) is 3.40. The van der Waals surface area contributed by atoms with Crippen molar-refractivity contribution in [3.05, 3.63) is 0 Å². The van der Waals surface area contributed by atoms with Crippen LogP contribution in [0.25, 0.3) is 0 Å². The van der Waals surface area contributed by atoms with Crippen molar-refractivity contribution in [2.75, 3.05) is 13.1 Å². The van der Waals surface area contributed by atoms with Crippen molar-refractivity contribution >= 4 is 5.91 Å². The average Bonchev–Trinajstić information content (AvgIpc) is 2.88. The van der Waals surface area contributed by atoms with Crippen LogP contribution in [0, 0.1) is 0 Å². The minimum absolute atomic E-state index is 0.195. The summed E-state index contributed by atoms with van der Waals surface area (Å²) < 4.78 is 0. The zero-order chi connectivity index (χ0) is 11.1. The molecule has 4 heteroatoms. The lowest BCUT2D eigenvalue weighted by atomic mass is 9.96. The highest BCUT2D eigenvalue weighted by Gasteiger charge is 2.46. The Hall–Kier alpha value is -0.610. The van der Waals surface area contributed by atoms with Crippen molar-refractivity contribution in [2.24, 2.45) is 5.73 Å². The SMILES string of the molecule is CC(C)NC1(C(N)=O)CCN(C2CC2)C1. The molecule has 0 aromatic heterocycles. The molecule has 0 radical (unpaired) electrons. The van der Waals surface area contributed by atoms with Crippen LogP contribution in [0.3, 0.4) is 0 Å². The van der Waals surface area contributed by atoms with Crippen molar-refractivity contribution in [3.8, 4) is 0 Å². The summed E-state index contributed by atoms with van der Waals surface area (Å²) in [6, 6.07) is 1.02. The molecule has 0 aromatic rings. The van der Waals surface area contributed by atoms with Gasteiger partial charge in [-0.2, -0.15) is 0 Å². The molecule has 1 saturated heterocycles. The maximum atomic E-state index is 11.6. The van der Waals surface area contributed by atoms with Crippen LogP contribution in [0.1, 0.15) is 33.1 Å². The molecule has 0 bridgehead atoms. The predicted octanol–water partition coefficient (Wildman–Crippen LogP) is 0.0766. The van der Waals surface area contributed by atoms with Crippen LogP contribution in [0.15, 0.2) is 0 Å². The van der Waals surface area contributed by atoms with Crippen LogP contribution in [0.4, 0.5) is 0 Å². The largest absolute Gasteiger partial charge is 0.368 e. The number of hydrogen-bond donors (Lipinski definition) is 2. The first kappa shape index (κ1) is 10.9. The zero-order valence-corrected chi connectivity index (χ0v) is 9.62. The lowest BCUT2D eigenvalue weighted by Crippen LogP contribution is -2.59. The maximum absolute atomic E-state index is 11.6. The number of rotatable bonds is 4. The summed E-state index contributed by atoms with van der Waals surface area (Å²) in [6.07, 6.45) is 3.43. The van der Waals surface area contributed by atoms with Gasteiger partial charge < -0.3 is 5.73 Å². The Morgan fingerprint density at radius 1 is 1.53 bits per heavy atom. The van der Waals surface area contributed by atoms with Gasteiger partial charge in [0.05, 0.1) is 0 Å². The molecule has 1 atom stereocenters. The minimum atomic E-state index is -0.475. The second-order valence-corrected chi connectivity index (χ2v) is 5.20. The number of carbonyl (C=O) groups excluding carboxylic acids is 1. The van der Waals surface area contributed by atoms with Crippen molar-refractivity contribution < 1.29 is 4.79 Å². The Kier molecular flexibility index (Phi) is 2.73. The summed E-state index contributed by atoms with van der Waals surface area (Å²) in [5, 5.41) is 3.35. The molecule has 1 unspecified atom stereocenters. The maximum Gasteiger partial charge on any atom is 0.239 e. The Morgan fingerprint density at radius 3 is 2.67 bits per heavy atom. The van der Waals surface area contributed by atoms with Crippen molar-refractivity contribution in [3.63, 3.8) is 0 Å².